The number of rotatable bonds is 5. The molecule has 4 N–H and O–H groups in total. The third-order valence-corrected chi connectivity index (χ3v) is 2.93. The summed E-state index contributed by atoms with van der Waals surface area (Å²) in [7, 11) is 0. The van der Waals surface area contributed by atoms with E-state index in [1.54, 1.807) is 36.4 Å². The summed E-state index contributed by atoms with van der Waals surface area (Å²) in [6.07, 6.45) is 2.01. The fourth-order valence-corrected chi connectivity index (χ4v) is 1.66. The van der Waals surface area contributed by atoms with Crippen molar-refractivity contribution in [2.45, 2.75) is 19.4 Å². The monoisotopic (exact) mass is 287 g/mol. The number of amides is 2. The predicted molar refractivity (Wildman–Crippen MR) is 80.0 cm³/mol. The van der Waals surface area contributed by atoms with Crippen LogP contribution in [0.5, 0.6) is 0 Å². The molecule has 1 aromatic carbocycles. The Labute approximate surface area is 122 Å². The van der Waals surface area contributed by atoms with Crippen molar-refractivity contribution in [3.8, 4) is 0 Å². The van der Waals surface area contributed by atoms with Gasteiger partial charge in [0.25, 0.3) is 5.91 Å². The lowest BCUT2D eigenvalue weighted by atomic mass is 10.2. The fourth-order valence-electron chi connectivity index (χ4n) is 1.66. The van der Waals surface area contributed by atoms with Crippen LogP contribution in [0.15, 0.2) is 47.1 Å². The maximum Gasteiger partial charge on any atom is 0.291 e. The number of carbonyl (C=O) groups is 2. The minimum Gasteiger partial charge on any atom is -0.459 e. The summed E-state index contributed by atoms with van der Waals surface area (Å²) in [6, 6.07) is 9.46. The zero-order chi connectivity index (χ0) is 15.2. The maximum atomic E-state index is 11.8. The summed E-state index contributed by atoms with van der Waals surface area (Å²) >= 11 is 0. The molecule has 110 valence electrons. The molecule has 0 aliphatic heterocycles. The van der Waals surface area contributed by atoms with Crippen LogP contribution in [-0.4, -0.2) is 17.9 Å². The normalized spacial score (nSPS) is 11.7. The minimum absolute atomic E-state index is 0.232. The average molecular weight is 287 g/mol. The molecule has 0 aliphatic rings. The molecule has 0 aliphatic carbocycles. The zero-order valence-electron chi connectivity index (χ0n) is 11.6. The van der Waals surface area contributed by atoms with E-state index >= 15 is 0 Å². The topological polar surface area (TPSA) is 97.4 Å². The van der Waals surface area contributed by atoms with Gasteiger partial charge in [-0.3, -0.25) is 9.59 Å². The Hall–Kier alpha value is -2.60. The van der Waals surface area contributed by atoms with Crippen molar-refractivity contribution < 1.29 is 14.0 Å². The van der Waals surface area contributed by atoms with E-state index in [4.69, 9.17) is 10.2 Å². The number of nitrogens with two attached hydrogens (primary N) is 1. The van der Waals surface area contributed by atoms with Gasteiger partial charge in [-0.05, 0) is 42.8 Å². The van der Waals surface area contributed by atoms with Gasteiger partial charge in [0.05, 0.1) is 12.3 Å². The summed E-state index contributed by atoms with van der Waals surface area (Å²) in [6.45, 7) is 1.84. The molecule has 6 nitrogen and oxygen atoms in total. The molecule has 0 fully saturated rings. The van der Waals surface area contributed by atoms with Crippen LogP contribution in [0.25, 0.3) is 0 Å². The second kappa shape index (κ2) is 6.71. The number of carbonyl (C=O) groups excluding carboxylic acids is 2. The number of anilines is 2. The van der Waals surface area contributed by atoms with Crippen LogP contribution >= 0.6 is 0 Å². The molecule has 1 unspecified atom stereocenters. The number of benzene rings is 1. The average Bonchev–Trinajstić information content (AvgIpc) is 3.02. The second-order valence-electron chi connectivity index (χ2n) is 4.51. The first-order valence-electron chi connectivity index (χ1n) is 6.61. The van der Waals surface area contributed by atoms with Gasteiger partial charge in [-0.2, -0.15) is 0 Å². The Kier molecular flexibility index (Phi) is 4.73. The molecule has 0 radical (unpaired) electrons. The number of hydrogen-bond acceptors (Lipinski definition) is 4. The van der Waals surface area contributed by atoms with Gasteiger partial charge in [0.1, 0.15) is 0 Å². The molecule has 2 amide bonds. The van der Waals surface area contributed by atoms with Crippen LogP contribution in [0.4, 0.5) is 11.4 Å². The highest BCUT2D eigenvalue weighted by molar-refractivity contribution is 6.02. The molecule has 0 saturated carbocycles. The molecule has 6 heteroatoms. The molecular weight excluding hydrogens is 270 g/mol. The predicted octanol–water partition coefficient (Wildman–Crippen LogP) is 2.21. The summed E-state index contributed by atoms with van der Waals surface area (Å²) in [5.41, 5.74) is 6.87. The van der Waals surface area contributed by atoms with Crippen LogP contribution < -0.4 is 16.4 Å². The standard InChI is InChI=1S/C15H17N3O3/c1-2-12(16)14(19)17-10-5-7-11(8-6-10)18-15(20)13-4-3-9-21-13/h3-9,12H,2,16H2,1H3,(H,17,19)(H,18,20). The van der Waals surface area contributed by atoms with Crippen LogP contribution in [0, 0.1) is 0 Å². The minimum atomic E-state index is -0.525. The van der Waals surface area contributed by atoms with Crippen molar-refractivity contribution in [3.05, 3.63) is 48.4 Å². The van der Waals surface area contributed by atoms with Crippen molar-refractivity contribution in [1.29, 1.82) is 0 Å². The highest BCUT2D eigenvalue weighted by Crippen LogP contribution is 2.15. The van der Waals surface area contributed by atoms with E-state index < -0.39 is 6.04 Å². The van der Waals surface area contributed by atoms with Gasteiger partial charge >= 0.3 is 0 Å². The third-order valence-electron chi connectivity index (χ3n) is 2.93. The van der Waals surface area contributed by atoms with Gasteiger partial charge in [0, 0.05) is 11.4 Å². The van der Waals surface area contributed by atoms with E-state index in [2.05, 4.69) is 10.6 Å². The summed E-state index contributed by atoms with van der Waals surface area (Å²) in [4.78, 5) is 23.4. The highest BCUT2D eigenvalue weighted by Gasteiger charge is 2.11. The summed E-state index contributed by atoms with van der Waals surface area (Å²) in [5.74, 6) is -0.323. The van der Waals surface area contributed by atoms with Crippen molar-refractivity contribution in [1.82, 2.24) is 0 Å². The lowest BCUT2D eigenvalue weighted by Crippen LogP contribution is -2.34. The molecule has 0 bridgehead atoms. The number of hydrogen-bond donors (Lipinski definition) is 3. The smallest absolute Gasteiger partial charge is 0.291 e. The van der Waals surface area contributed by atoms with Gasteiger partial charge < -0.3 is 20.8 Å². The Balaban J connectivity index is 1.96. The van der Waals surface area contributed by atoms with Crippen molar-refractivity contribution in [3.63, 3.8) is 0 Å². The quantitative estimate of drug-likeness (QED) is 0.785. The number of furan rings is 1. The van der Waals surface area contributed by atoms with Crippen molar-refractivity contribution in [2.24, 2.45) is 5.73 Å². The van der Waals surface area contributed by atoms with Gasteiger partial charge in [0.2, 0.25) is 5.91 Å². The molecular formula is C15H17N3O3. The second-order valence-corrected chi connectivity index (χ2v) is 4.51. The highest BCUT2D eigenvalue weighted by atomic mass is 16.3. The van der Waals surface area contributed by atoms with E-state index in [1.807, 2.05) is 6.92 Å². The molecule has 2 aromatic rings. The largest absolute Gasteiger partial charge is 0.459 e. The molecule has 21 heavy (non-hydrogen) atoms. The van der Waals surface area contributed by atoms with Crippen LogP contribution in [0.3, 0.4) is 0 Å². The Bertz CT molecular complexity index is 606. The Morgan fingerprint density at radius 1 is 1.14 bits per heavy atom. The lowest BCUT2D eigenvalue weighted by molar-refractivity contribution is -0.117. The van der Waals surface area contributed by atoms with Crippen molar-refractivity contribution in [2.75, 3.05) is 10.6 Å². The summed E-state index contributed by atoms with van der Waals surface area (Å²) in [5, 5.41) is 5.39. The molecule has 1 atom stereocenters. The molecule has 1 heterocycles. The SMILES string of the molecule is CCC(N)C(=O)Nc1ccc(NC(=O)c2ccco2)cc1. The fraction of sp³-hybridized carbons (Fsp3) is 0.200. The van der Waals surface area contributed by atoms with E-state index in [9.17, 15) is 9.59 Å². The molecule has 0 saturated heterocycles. The van der Waals surface area contributed by atoms with E-state index in [-0.39, 0.29) is 17.6 Å². The van der Waals surface area contributed by atoms with Gasteiger partial charge in [0.15, 0.2) is 5.76 Å². The lowest BCUT2D eigenvalue weighted by Gasteiger charge is -2.10. The Morgan fingerprint density at radius 2 is 1.76 bits per heavy atom. The van der Waals surface area contributed by atoms with Crippen molar-refractivity contribution >= 4 is 23.2 Å². The summed E-state index contributed by atoms with van der Waals surface area (Å²) < 4.78 is 5.00. The van der Waals surface area contributed by atoms with E-state index in [1.165, 1.54) is 6.26 Å². The van der Waals surface area contributed by atoms with E-state index in [0.29, 0.717) is 17.8 Å². The Morgan fingerprint density at radius 3 is 2.29 bits per heavy atom. The maximum absolute atomic E-state index is 11.8. The van der Waals surface area contributed by atoms with Gasteiger partial charge in [-0.1, -0.05) is 6.92 Å². The third kappa shape index (κ3) is 3.93. The van der Waals surface area contributed by atoms with Crippen LogP contribution in [0.2, 0.25) is 0 Å². The van der Waals surface area contributed by atoms with Crippen LogP contribution in [-0.2, 0) is 4.79 Å². The first-order valence-corrected chi connectivity index (χ1v) is 6.61. The number of nitrogens with one attached hydrogen (secondary N) is 2. The first kappa shape index (κ1) is 14.8. The zero-order valence-corrected chi connectivity index (χ0v) is 11.6. The van der Waals surface area contributed by atoms with Gasteiger partial charge in [-0.25, -0.2) is 0 Å². The molecule has 0 spiro atoms. The molecule has 2 rings (SSSR count). The van der Waals surface area contributed by atoms with Gasteiger partial charge in [-0.15, -0.1) is 0 Å². The van der Waals surface area contributed by atoms with E-state index in [0.717, 1.165) is 0 Å². The van der Waals surface area contributed by atoms with Crippen LogP contribution in [0.1, 0.15) is 23.9 Å². The first-order chi connectivity index (χ1) is 10.1. The molecule has 1 aromatic heterocycles.